The molecule has 2 heterocycles. The summed E-state index contributed by atoms with van der Waals surface area (Å²) in [7, 11) is -3.63. The molecule has 0 amide bonds. The van der Waals surface area contributed by atoms with Gasteiger partial charge in [-0.1, -0.05) is 6.92 Å². The zero-order valence-corrected chi connectivity index (χ0v) is 13.1. The van der Waals surface area contributed by atoms with Crippen LogP contribution in [-0.4, -0.2) is 25.2 Å². The van der Waals surface area contributed by atoms with E-state index in [0.29, 0.717) is 18.1 Å². The number of aryl methyl sites for hydroxylation is 1. The molecule has 21 heavy (non-hydrogen) atoms. The van der Waals surface area contributed by atoms with Crippen LogP contribution in [0.5, 0.6) is 0 Å². The lowest BCUT2D eigenvalue weighted by Gasteiger charge is -2.11. The molecule has 0 saturated carbocycles. The molecular weight excluding hydrogens is 292 g/mol. The molecule has 2 rings (SSSR count). The van der Waals surface area contributed by atoms with Crippen molar-refractivity contribution in [3.63, 3.8) is 0 Å². The SMILES string of the molecule is CCNCc1cc(S(=O)(=O)NC(C)c2cn[nH]c2)c(C)o1. The van der Waals surface area contributed by atoms with Crippen molar-refractivity contribution in [2.24, 2.45) is 0 Å². The van der Waals surface area contributed by atoms with E-state index in [-0.39, 0.29) is 10.9 Å². The Morgan fingerprint density at radius 3 is 2.86 bits per heavy atom. The number of H-pyrrole nitrogens is 1. The highest BCUT2D eigenvalue weighted by molar-refractivity contribution is 7.89. The van der Waals surface area contributed by atoms with E-state index in [4.69, 9.17) is 4.42 Å². The molecule has 3 N–H and O–H groups in total. The van der Waals surface area contributed by atoms with Gasteiger partial charge in [-0.05, 0) is 20.4 Å². The maximum absolute atomic E-state index is 12.4. The average Bonchev–Trinajstić information content (AvgIpc) is 3.05. The zero-order chi connectivity index (χ0) is 15.5. The van der Waals surface area contributed by atoms with Crippen molar-refractivity contribution < 1.29 is 12.8 Å². The van der Waals surface area contributed by atoms with Gasteiger partial charge in [0.2, 0.25) is 10.0 Å². The maximum atomic E-state index is 12.4. The summed E-state index contributed by atoms with van der Waals surface area (Å²) in [4.78, 5) is 0.172. The fraction of sp³-hybridized carbons (Fsp3) is 0.462. The first-order chi connectivity index (χ1) is 9.94. The van der Waals surface area contributed by atoms with Crippen molar-refractivity contribution >= 4 is 10.0 Å². The Hall–Kier alpha value is -1.64. The quantitative estimate of drug-likeness (QED) is 0.718. The summed E-state index contributed by atoms with van der Waals surface area (Å²) in [6.45, 7) is 6.67. The van der Waals surface area contributed by atoms with Crippen LogP contribution in [0.25, 0.3) is 0 Å². The lowest BCUT2D eigenvalue weighted by Crippen LogP contribution is -2.26. The minimum Gasteiger partial charge on any atom is -0.464 e. The van der Waals surface area contributed by atoms with Gasteiger partial charge in [-0.2, -0.15) is 5.10 Å². The second kappa shape index (κ2) is 6.42. The van der Waals surface area contributed by atoms with Crippen LogP contribution < -0.4 is 10.0 Å². The average molecular weight is 312 g/mol. The molecule has 0 fully saturated rings. The predicted octanol–water partition coefficient (Wildman–Crippen LogP) is 1.46. The Bertz CT molecular complexity index is 676. The molecule has 0 radical (unpaired) electrons. The van der Waals surface area contributed by atoms with E-state index in [1.807, 2.05) is 6.92 Å². The summed E-state index contributed by atoms with van der Waals surface area (Å²) in [6, 6.07) is 1.18. The molecule has 0 aliphatic carbocycles. The Kier molecular flexibility index (Phi) is 4.81. The molecule has 8 heteroatoms. The molecule has 1 atom stereocenters. The van der Waals surface area contributed by atoms with Gasteiger partial charge in [-0.25, -0.2) is 13.1 Å². The van der Waals surface area contributed by atoms with Crippen molar-refractivity contribution in [2.45, 2.75) is 38.3 Å². The van der Waals surface area contributed by atoms with Crippen LogP contribution in [0.15, 0.2) is 27.8 Å². The highest BCUT2D eigenvalue weighted by Gasteiger charge is 2.24. The first-order valence-corrected chi connectivity index (χ1v) is 8.23. The summed E-state index contributed by atoms with van der Waals surface area (Å²) >= 11 is 0. The molecule has 116 valence electrons. The summed E-state index contributed by atoms with van der Waals surface area (Å²) in [6.07, 6.45) is 3.25. The first-order valence-electron chi connectivity index (χ1n) is 6.75. The number of sulfonamides is 1. The monoisotopic (exact) mass is 312 g/mol. The Morgan fingerprint density at radius 2 is 2.24 bits per heavy atom. The number of nitrogens with one attached hydrogen (secondary N) is 3. The second-order valence-electron chi connectivity index (χ2n) is 4.79. The molecule has 7 nitrogen and oxygen atoms in total. The number of furan rings is 1. The van der Waals surface area contributed by atoms with Gasteiger partial charge in [0.25, 0.3) is 0 Å². The number of rotatable bonds is 7. The third-order valence-corrected chi connectivity index (χ3v) is 4.76. The van der Waals surface area contributed by atoms with Crippen LogP contribution in [0.2, 0.25) is 0 Å². The van der Waals surface area contributed by atoms with Crippen molar-refractivity contribution in [2.75, 3.05) is 6.54 Å². The molecule has 2 aromatic heterocycles. The van der Waals surface area contributed by atoms with E-state index < -0.39 is 10.0 Å². The third-order valence-electron chi connectivity index (χ3n) is 3.11. The van der Waals surface area contributed by atoms with Crippen LogP contribution in [-0.2, 0) is 16.6 Å². The van der Waals surface area contributed by atoms with Crippen LogP contribution in [0.1, 0.15) is 37.0 Å². The van der Waals surface area contributed by atoms with Gasteiger partial charge in [-0.3, -0.25) is 5.10 Å². The lowest BCUT2D eigenvalue weighted by molar-refractivity contribution is 0.460. The van der Waals surface area contributed by atoms with Crippen molar-refractivity contribution in [3.05, 3.63) is 35.5 Å². The molecular formula is C13H20N4O3S. The summed E-state index contributed by atoms with van der Waals surface area (Å²) in [5.74, 6) is 0.987. The molecule has 0 spiro atoms. The lowest BCUT2D eigenvalue weighted by atomic mass is 10.2. The third kappa shape index (κ3) is 3.72. The fourth-order valence-corrected chi connectivity index (χ4v) is 3.42. The van der Waals surface area contributed by atoms with Gasteiger partial charge >= 0.3 is 0 Å². The molecule has 0 aliphatic heterocycles. The maximum Gasteiger partial charge on any atom is 0.244 e. The highest BCUT2D eigenvalue weighted by atomic mass is 32.2. The van der Waals surface area contributed by atoms with Gasteiger partial charge in [0.05, 0.1) is 12.7 Å². The van der Waals surface area contributed by atoms with Crippen molar-refractivity contribution in [1.82, 2.24) is 20.2 Å². The predicted molar refractivity (Wildman–Crippen MR) is 78.1 cm³/mol. The van der Waals surface area contributed by atoms with E-state index in [1.54, 1.807) is 32.3 Å². The highest BCUT2D eigenvalue weighted by Crippen LogP contribution is 2.22. The summed E-state index contributed by atoms with van der Waals surface area (Å²) < 4.78 is 32.9. The van der Waals surface area contributed by atoms with Gasteiger partial charge in [0, 0.05) is 23.9 Å². The minimum absolute atomic E-state index is 0.172. The van der Waals surface area contributed by atoms with Gasteiger partial charge < -0.3 is 9.73 Å². The van der Waals surface area contributed by atoms with Gasteiger partial charge in [0.15, 0.2) is 0 Å². The smallest absolute Gasteiger partial charge is 0.244 e. The second-order valence-corrected chi connectivity index (χ2v) is 6.47. The van der Waals surface area contributed by atoms with Crippen LogP contribution >= 0.6 is 0 Å². The largest absolute Gasteiger partial charge is 0.464 e. The van der Waals surface area contributed by atoms with E-state index in [2.05, 4.69) is 20.2 Å². The topological polar surface area (TPSA) is 100 Å². The number of aromatic nitrogens is 2. The molecule has 0 aliphatic rings. The van der Waals surface area contributed by atoms with Crippen LogP contribution in [0, 0.1) is 6.92 Å². The van der Waals surface area contributed by atoms with E-state index >= 15 is 0 Å². The van der Waals surface area contributed by atoms with E-state index in [9.17, 15) is 8.42 Å². The molecule has 1 unspecified atom stereocenters. The number of hydrogen-bond acceptors (Lipinski definition) is 5. The summed E-state index contributed by atoms with van der Waals surface area (Å²) in [5, 5.41) is 9.58. The Labute approximate surface area is 124 Å². The van der Waals surface area contributed by atoms with E-state index in [0.717, 1.165) is 12.1 Å². The van der Waals surface area contributed by atoms with Gasteiger partial charge in [-0.15, -0.1) is 0 Å². The summed E-state index contributed by atoms with van der Waals surface area (Å²) in [5.41, 5.74) is 0.771. The Morgan fingerprint density at radius 1 is 1.48 bits per heavy atom. The molecule has 0 saturated heterocycles. The molecule has 2 aromatic rings. The normalized spacial score (nSPS) is 13.5. The van der Waals surface area contributed by atoms with Crippen molar-refractivity contribution in [1.29, 1.82) is 0 Å². The van der Waals surface area contributed by atoms with Crippen molar-refractivity contribution in [3.8, 4) is 0 Å². The number of nitrogens with zero attached hydrogens (tertiary/aromatic N) is 1. The number of aromatic amines is 1. The Balaban J connectivity index is 2.17. The van der Waals surface area contributed by atoms with E-state index in [1.165, 1.54) is 0 Å². The fourth-order valence-electron chi connectivity index (χ4n) is 1.99. The van der Waals surface area contributed by atoms with Gasteiger partial charge in [0.1, 0.15) is 16.4 Å². The molecule has 0 aromatic carbocycles. The molecule has 0 bridgehead atoms. The minimum atomic E-state index is -3.63. The standard InChI is InChI=1S/C13H20N4O3S/c1-4-14-8-12-5-13(10(3)20-12)21(18,19)17-9(2)11-6-15-16-7-11/h5-7,9,14,17H,4,8H2,1-3H3,(H,15,16). The zero-order valence-electron chi connectivity index (χ0n) is 12.3. The first kappa shape index (κ1) is 15.7. The van der Waals surface area contributed by atoms with Crippen LogP contribution in [0.3, 0.4) is 0 Å². The number of hydrogen-bond donors (Lipinski definition) is 3. The van der Waals surface area contributed by atoms with Crippen LogP contribution in [0.4, 0.5) is 0 Å².